The first-order chi connectivity index (χ1) is 10.1. The molecule has 0 heterocycles. The number of aryl methyl sites for hydroxylation is 2. The third kappa shape index (κ3) is 4.48. The zero-order valence-corrected chi connectivity index (χ0v) is 13.6. The van der Waals surface area contributed by atoms with E-state index in [0.29, 0.717) is 10.8 Å². The van der Waals surface area contributed by atoms with Crippen molar-refractivity contribution in [2.45, 2.75) is 33.7 Å². The van der Waals surface area contributed by atoms with Crippen molar-refractivity contribution < 1.29 is 4.74 Å². The van der Waals surface area contributed by atoms with E-state index in [-0.39, 0.29) is 0 Å². The van der Waals surface area contributed by atoms with E-state index >= 15 is 0 Å². The molecule has 2 rings (SSSR count). The lowest BCUT2D eigenvalue weighted by Gasteiger charge is -2.11. The minimum Gasteiger partial charge on any atom is -0.456 e. The van der Waals surface area contributed by atoms with Gasteiger partial charge in [0.15, 0.2) is 0 Å². The van der Waals surface area contributed by atoms with Crippen LogP contribution in [0.1, 0.15) is 30.0 Å². The van der Waals surface area contributed by atoms with Crippen molar-refractivity contribution >= 4 is 11.6 Å². The first-order valence-electron chi connectivity index (χ1n) is 7.34. The standard InChI is InChI=1S/C18H22ClNO/c1-4-9-20-12-15-6-8-18(17(19)11-15)21-16-7-5-13(2)14(3)10-16/h5-8,10-11,20H,4,9,12H2,1-3H3. The highest BCUT2D eigenvalue weighted by Gasteiger charge is 2.05. The Kier molecular flexibility index (Phi) is 5.66. The highest BCUT2D eigenvalue weighted by atomic mass is 35.5. The fourth-order valence-corrected chi connectivity index (χ4v) is 2.29. The van der Waals surface area contributed by atoms with Crippen LogP contribution in [0.5, 0.6) is 11.5 Å². The van der Waals surface area contributed by atoms with E-state index in [1.807, 2.05) is 30.3 Å². The molecule has 0 atom stereocenters. The summed E-state index contributed by atoms with van der Waals surface area (Å²) in [7, 11) is 0. The molecule has 3 heteroatoms. The van der Waals surface area contributed by atoms with Crippen molar-refractivity contribution in [1.29, 1.82) is 0 Å². The predicted molar refractivity (Wildman–Crippen MR) is 89.4 cm³/mol. The van der Waals surface area contributed by atoms with Gasteiger partial charge in [-0.25, -0.2) is 0 Å². The van der Waals surface area contributed by atoms with E-state index in [0.717, 1.165) is 25.3 Å². The second kappa shape index (κ2) is 7.48. The van der Waals surface area contributed by atoms with Crippen molar-refractivity contribution in [3.8, 4) is 11.5 Å². The van der Waals surface area contributed by atoms with Gasteiger partial charge < -0.3 is 10.1 Å². The second-order valence-corrected chi connectivity index (χ2v) is 5.70. The lowest BCUT2D eigenvalue weighted by Crippen LogP contribution is -2.13. The maximum Gasteiger partial charge on any atom is 0.146 e. The Morgan fingerprint density at radius 2 is 1.86 bits per heavy atom. The van der Waals surface area contributed by atoms with Crippen LogP contribution in [0.4, 0.5) is 0 Å². The highest BCUT2D eigenvalue weighted by Crippen LogP contribution is 2.31. The normalized spacial score (nSPS) is 10.7. The minimum atomic E-state index is 0.643. The molecule has 0 aliphatic carbocycles. The van der Waals surface area contributed by atoms with Gasteiger partial charge in [0.1, 0.15) is 11.5 Å². The van der Waals surface area contributed by atoms with E-state index in [1.165, 1.54) is 16.7 Å². The SMILES string of the molecule is CCCNCc1ccc(Oc2ccc(C)c(C)c2)c(Cl)c1. The third-order valence-corrected chi connectivity index (χ3v) is 3.75. The zero-order chi connectivity index (χ0) is 15.2. The summed E-state index contributed by atoms with van der Waals surface area (Å²) in [6, 6.07) is 12.0. The van der Waals surface area contributed by atoms with Crippen LogP contribution in [0.3, 0.4) is 0 Å². The first kappa shape index (κ1) is 15.9. The summed E-state index contributed by atoms with van der Waals surface area (Å²) < 4.78 is 5.87. The summed E-state index contributed by atoms with van der Waals surface area (Å²) in [6.45, 7) is 8.16. The number of rotatable bonds is 6. The molecule has 0 aliphatic heterocycles. The minimum absolute atomic E-state index is 0.643. The number of nitrogens with one attached hydrogen (secondary N) is 1. The van der Waals surface area contributed by atoms with Crippen LogP contribution in [0.25, 0.3) is 0 Å². The Hall–Kier alpha value is -1.51. The number of hydrogen-bond acceptors (Lipinski definition) is 2. The highest BCUT2D eigenvalue weighted by molar-refractivity contribution is 6.32. The summed E-state index contributed by atoms with van der Waals surface area (Å²) in [5.41, 5.74) is 3.63. The molecule has 2 aromatic carbocycles. The molecule has 0 saturated heterocycles. The topological polar surface area (TPSA) is 21.3 Å². The van der Waals surface area contributed by atoms with Gasteiger partial charge in [-0.15, -0.1) is 0 Å². The smallest absolute Gasteiger partial charge is 0.146 e. The van der Waals surface area contributed by atoms with Gasteiger partial charge in [0.2, 0.25) is 0 Å². The summed E-state index contributed by atoms with van der Waals surface area (Å²) in [5, 5.41) is 4.00. The molecule has 112 valence electrons. The van der Waals surface area contributed by atoms with Crippen LogP contribution in [-0.2, 0) is 6.54 Å². The Morgan fingerprint density at radius 3 is 2.52 bits per heavy atom. The molecular formula is C18H22ClNO. The number of ether oxygens (including phenoxy) is 1. The fraction of sp³-hybridized carbons (Fsp3) is 0.333. The van der Waals surface area contributed by atoms with Crippen molar-refractivity contribution in [2.24, 2.45) is 0 Å². The van der Waals surface area contributed by atoms with Gasteiger partial charge in [-0.05, 0) is 67.8 Å². The average Bonchev–Trinajstić information content (AvgIpc) is 2.46. The van der Waals surface area contributed by atoms with Crippen molar-refractivity contribution in [2.75, 3.05) is 6.54 Å². The van der Waals surface area contributed by atoms with Gasteiger partial charge >= 0.3 is 0 Å². The molecule has 0 amide bonds. The van der Waals surface area contributed by atoms with Crippen molar-refractivity contribution in [3.63, 3.8) is 0 Å². The maximum atomic E-state index is 6.31. The summed E-state index contributed by atoms with van der Waals surface area (Å²) in [6.07, 6.45) is 1.13. The van der Waals surface area contributed by atoms with Gasteiger partial charge in [-0.1, -0.05) is 30.7 Å². The molecule has 0 radical (unpaired) electrons. The number of benzene rings is 2. The van der Waals surface area contributed by atoms with Crippen LogP contribution < -0.4 is 10.1 Å². The molecule has 21 heavy (non-hydrogen) atoms. The van der Waals surface area contributed by atoms with E-state index in [1.54, 1.807) is 0 Å². The van der Waals surface area contributed by atoms with Gasteiger partial charge in [-0.2, -0.15) is 0 Å². The summed E-state index contributed by atoms with van der Waals surface area (Å²) in [4.78, 5) is 0. The summed E-state index contributed by atoms with van der Waals surface area (Å²) >= 11 is 6.31. The molecule has 0 spiro atoms. The van der Waals surface area contributed by atoms with Crippen molar-refractivity contribution in [1.82, 2.24) is 5.32 Å². The first-order valence-corrected chi connectivity index (χ1v) is 7.72. The van der Waals surface area contributed by atoms with E-state index < -0.39 is 0 Å². The molecular weight excluding hydrogens is 282 g/mol. The Balaban J connectivity index is 2.08. The molecule has 0 bridgehead atoms. The van der Waals surface area contributed by atoms with E-state index in [4.69, 9.17) is 16.3 Å². The number of halogens is 1. The predicted octanol–water partition coefficient (Wildman–Crippen LogP) is 5.25. The molecule has 1 N–H and O–H groups in total. The lowest BCUT2D eigenvalue weighted by molar-refractivity contribution is 0.482. The van der Waals surface area contributed by atoms with Gasteiger partial charge in [0, 0.05) is 6.54 Å². The summed E-state index contributed by atoms with van der Waals surface area (Å²) in [5.74, 6) is 1.51. The van der Waals surface area contributed by atoms with Crippen LogP contribution >= 0.6 is 11.6 Å². The molecule has 0 aromatic heterocycles. The van der Waals surface area contributed by atoms with Gasteiger partial charge in [0.25, 0.3) is 0 Å². The molecule has 2 aromatic rings. The number of hydrogen-bond donors (Lipinski definition) is 1. The van der Waals surface area contributed by atoms with E-state index in [9.17, 15) is 0 Å². The molecule has 0 fully saturated rings. The Bertz CT molecular complexity index is 610. The quantitative estimate of drug-likeness (QED) is 0.736. The van der Waals surface area contributed by atoms with E-state index in [2.05, 4.69) is 32.2 Å². The van der Waals surface area contributed by atoms with Crippen LogP contribution in [0, 0.1) is 13.8 Å². The van der Waals surface area contributed by atoms with Crippen LogP contribution in [-0.4, -0.2) is 6.54 Å². The molecule has 2 nitrogen and oxygen atoms in total. The zero-order valence-electron chi connectivity index (χ0n) is 12.9. The van der Waals surface area contributed by atoms with Gasteiger partial charge in [0.05, 0.1) is 5.02 Å². The molecule has 0 unspecified atom stereocenters. The Morgan fingerprint density at radius 1 is 1.05 bits per heavy atom. The van der Waals surface area contributed by atoms with Crippen LogP contribution in [0.2, 0.25) is 5.02 Å². The average molecular weight is 304 g/mol. The third-order valence-electron chi connectivity index (χ3n) is 3.46. The van der Waals surface area contributed by atoms with Crippen LogP contribution in [0.15, 0.2) is 36.4 Å². The van der Waals surface area contributed by atoms with Gasteiger partial charge in [-0.3, -0.25) is 0 Å². The Labute approximate surface area is 132 Å². The molecule has 0 saturated carbocycles. The lowest BCUT2D eigenvalue weighted by atomic mass is 10.1. The second-order valence-electron chi connectivity index (χ2n) is 5.29. The maximum absolute atomic E-state index is 6.31. The molecule has 0 aliphatic rings. The monoisotopic (exact) mass is 303 g/mol. The fourth-order valence-electron chi connectivity index (χ4n) is 2.05. The largest absolute Gasteiger partial charge is 0.456 e. The van der Waals surface area contributed by atoms with Crippen molar-refractivity contribution in [3.05, 3.63) is 58.1 Å².